The van der Waals surface area contributed by atoms with Crippen molar-refractivity contribution in [1.29, 1.82) is 0 Å². The highest BCUT2D eigenvalue weighted by molar-refractivity contribution is 5.98. The third-order valence-electron chi connectivity index (χ3n) is 10.1. The van der Waals surface area contributed by atoms with E-state index in [1.165, 1.54) is 35.1 Å². The van der Waals surface area contributed by atoms with Crippen LogP contribution in [0.1, 0.15) is 50.2 Å². The van der Waals surface area contributed by atoms with Gasteiger partial charge in [-0.15, -0.1) is 5.10 Å². The Labute approximate surface area is 284 Å². The lowest BCUT2D eigenvalue weighted by molar-refractivity contribution is -0.121. The number of rotatable bonds is 8. The van der Waals surface area contributed by atoms with E-state index in [-0.39, 0.29) is 42.6 Å². The van der Waals surface area contributed by atoms with E-state index >= 15 is 0 Å². The van der Waals surface area contributed by atoms with Crippen molar-refractivity contribution < 1.29 is 18.3 Å². The van der Waals surface area contributed by atoms with Crippen molar-refractivity contribution in [2.75, 3.05) is 57.4 Å². The minimum Gasteiger partial charge on any atom is -0.379 e. The topological polar surface area (TPSA) is 100 Å². The van der Waals surface area contributed by atoms with E-state index < -0.39 is 16.9 Å². The second-order valence-electron chi connectivity index (χ2n) is 14.4. The third-order valence-corrected chi connectivity index (χ3v) is 10.1. The molecule has 7 rings (SSSR count). The molecule has 0 radical (unpaired) electrons. The molecule has 13 heteroatoms. The Morgan fingerprint density at radius 2 is 1.92 bits per heavy atom. The maximum Gasteiger partial charge on any atom is 0.351 e. The van der Waals surface area contributed by atoms with Crippen LogP contribution in [0, 0.1) is 11.6 Å². The molecule has 6 heterocycles. The number of hydrogen-bond acceptors (Lipinski definition) is 8. The quantitative estimate of drug-likeness (QED) is 0.305. The van der Waals surface area contributed by atoms with Gasteiger partial charge in [0.25, 0.3) is 0 Å². The molecule has 0 saturated carbocycles. The summed E-state index contributed by atoms with van der Waals surface area (Å²) >= 11 is 0. The minimum atomic E-state index is -0.592. The van der Waals surface area contributed by atoms with Crippen molar-refractivity contribution in [2.24, 2.45) is 0 Å². The van der Waals surface area contributed by atoms with Crippen LogP contribution < -0.4 is 15.9 Å². The van der Waals surface area contributed by atoms with E-state index in [0.717, 1.165) is 31.7 Å². The maximum atomic E-state index is 14.6. The van der Waals surface area contributed by atoms with Crippen LogP contribution in [-0.2, 0) is 27.9 Å². The number of aromatic nitrogens is 4. The van der Waals surface area contributed by atoms with Crippen molar-refractivity contribution in [3.63, 3.8) is 0 Å². The summed E-state index contributed by atoms with van der Waals surface area (Å²) in [6, 6.07) is 11.7. The fourth-order valence-corrected chi connectivity index (χ4v) is 7.56. The molecule has 260 valence electrons. The van der Waals surface area contributed by atoms with E-state index in [9.17, 15) is 18.4 Å². The SMILES string of the molecule is C[C@@H]1CN(CC(=O)N2CC(C)(C)c3c2cc(Cc2ccc(F)cc2)c2nn(Cc4ncccc4F)c(=O)n32)[C@@H](CN2CCOC[C@H]2C)CN1. The molecule has 3 aliphatic rings. The van der Waals surface area contributed by atoms with Crippen molar-refractivity contribution in [2.45, 2.75) is 64.2 Å². The number of piperazine rings is 1. The van der Waals surface area contributed by atoms with Crippen LogP contribution >= 0.6 is 0 Å². The van der Waals surface area contributed by atoms with E-state index in [2.05, 4.69) is 33.9 Å². The van der Waals surface area contributed by atoms with E-state index in [1.807, 2.05) is 24.8 Å². The summed E-state index contributed by atoms with van der Waals surface area (Å²) in [5.41, 5.74) is 2.37. The van der Waals surface area contributed by atoms with Gasteiger partial charge in [-0.2, -0.15) is 0 Å². The van der Waals surface area contributed by atoms with Crippen LogP contribution in [0.25, 0.3) is 5.65 Å². The highest BCUT2D eigenvalue weighted by Crippen LogP contribution is 2.42. The Hall–Kier alpha value is -4.04. The molecule has 3 aliphatic heterocycles. The lowest BCUT2D eigenvalue weighted by Gasteiger charge is -2.43. The van der Waals surface area contributed by atoms with Gasteiger partial charge in [0.2, 0.25) is 5.91 Å². The summed E-state index contributed by atoms with van der Waals surface area (Å²) in [5, 5.41) is 8.30. The Balaban J connectivity index is 1.26. The number of fused-ring (bicyclic) bond motifs is 3. The van der Waals surface area contributed by atoms with Crippen molar-refractivity contribution in [3.8, 4) is 0 Å². The molecule has 3 aromatic heterocycles. The molecule has 1 amide bonds. The molecule has 0 aliphatic carbocycles. The first kappa shape index (κ1) is 33.5. The number of nitrogens with zero attached hydrogens (tertiary/aromatic N) is 7. The Morgan fingerprint density at radius 1 is 1.12 bits per heavy atom. The molecule has 2 saturated heterocycles. The molecule has 11 nitrogen and oxygen atoms in total. The van der Waals surface area contributed by atoms with Crippen molar-refractivity contribution in [3.05, 3.63) is 93.3 Å². The van der Waals surface area contributed by atoms with Gasteiger partial charge >= 0.3 is 5.69 Å². The molecule has 2 fully saturated rings. The van der Waals surface area contributed by atoms with Crippen LogP contribution in [0.4, 0.5) is 14.5 Å². The van der Waals surface area contributed by atoms with Crippen LogP contribution in [0.2, 0.25) is 0 Å². The molecular formula is C36H44F2N8O3. The lowest BCUT2D eigenvalue weighted by atomic mass is 9.90. The summed E-state index contributed by atoms with van der Waals surface area (Å²) in [5.74, 6) is -0.907. The van der Waals surface area contributed by atoms with E-state index in [4.69, 9.17) is 9.84 Å². The molecule has 1 aromatic carbocycles. The number of amides is 1. The normalized spacial score (nSPS) is 22.9. The van der Waals surface area contributed by atoms with Crippen LogP contribution in [-0.4, -0.2) is 105 Å². The average molecular weight is 675 g/mol. The number of anilines is 1. The fraction of sp³-hybridized carbons (Fsp3) is 0.500. The highest BCUT2D eigenvalue weighted by atomic mass is 19.1. The van der Waals surface area contributed by atoms with Crippen LogP contribution in [0.3, 0.4) is 0 Å². The van der Waals surface area contributed by atoms with E-state index in [0.29, 0.717) is 54.8 Å². The Bertz CT molecular complexity index is 1910. The van der Waals surface area contributed by atoms with Gasteiger partial charge in [0.15, 0.2) is 5.65 Å². The molecular weight excluding hydrogens is 630 g/mol. The van der Waals surface area contributed by atoms with Gasteiger partial charge in [0, 0.05) is 74.4 Å². The largest absolute Gasteiger partial charge is 0.379 e. The van der Waals surface area contributed by atoms with Crippen molar-refractivity contribution >= 4 is 17.2 Å². The summed E-state index contributed by atoms with van der Waals surface area (Å²) in [7, 11) is 0. The predicted molar refractivity (Wildman–Crippen MR) is 182 cm³/mol. The zero-order valence-electron chi connectivity index (χ0n) is 28.5. The second-order valence-corrected chi connectivity index (χ2v) is 14.4. The van der Waals surface area contributed by atoms with Gasteiger partial charge in [0.05, 0.1) is 43.4 Å². The molecule has 3 atom stereocenters. The summed E-state index contributed by atoms with van der Waals surface area (Å²) in [6.07, 6.45) is 1.83. The number of carbonyl (C=O) groups excluding carboxylic acids is 1. The fourth-order valence-electron chi connectivity index (χ4n) is 7.56. The smallest absolute Gasteiger partial charge is 0.351 e. The van der Waals surface area contributed by atoms with Crippen LogP contribution in [0.15, 0.2) is 53.5 Å². The van der Waals surface area contributed by atoms with Gasteiger partial charge in [-0.3, -0.25) is 19.6 Å². The number of halogens is 2. The number of morpholine rings is 1. The second kappa shape index (κ2) is 13.3. The minimum absolute atomic E-state index is 0.0379. The van der Waals surface area contributed by atoms with Crippen molar-refractivity contribution in [1.82, 2.24) is 34.3 Å². The monoisotopic (exact) mass is 674 g/mol. The zero-order valence-corrected chi connectivity index (χ0v) is 28.5. The lowest BCUT2D eigenvalue weighted by Crippen LogP contribution is -2.62. The predicted octanol–water partition coefficient (Wildman–Crippen LogP) is 2.82. The number of benzene rings is 1. The van der Waals surface area contributed by atoms with Gasteiger partial charge in [0.1, 0.15) is 11.6 Å². The molecule has 0 unspecified atom stereocenters. The van der Waals surface area contributed by atoms with E-state index in [1.54, 1.807) is 16.5 Å². The molecule has 0 bridgehead atoms. The van der Waals surface area contributed by atoms with Gasteiger partial charge in [-0.25, -0.2) is 22.7 Å². The number of pyridine rings is 2. The first-order valence-corrected chi connectivity index (χ1v) is 17.1. The number of nitrogens with one attached hydrogen (secondary N) is 1. The zero-order chi connectivity index (χ0) is 34.4. The summed E-state index contributed by atoms with van der Waals surface area (Å²) in [4.78, 5) is 39.3. The summed E-state index contributed by atoms with van der Waals surface area (Å²) < 4.78 is 36.9. The first-order chi connectivity index (χ1) is 23.5. The maximum absolute atomic E-state index is 14.6. The summed E-state index contributed by atoms with van der Waals surface area (Å²) in [6.45, 7) is 13.5. The Morgan fingerprint density at radius 3 is 2.67 bits per heavy atom. The third kappa shape index (κ3) is 6.64. The molecule has 1 N–H and O–H groups in total. The molecule has 0 spiro atoms. The average Bonchev–Trinajstić information content (AvgIpc) is 3.53. The number of carbonyl (C=O) groups is 1. The number of ether oxygens (including phenoxy) is 1. The Kier molecular flexibility index (Phi) is 9.11. The van der Waals surface area contributed by atoms with Crippen LogP contribution in [0.5, 0.6) is 0 Å². The van der Waals surface area contributed by atoms with Gasteiger partial charge < -0.3 is 15.0 Å². The molecule has 49 heavy (non-hydrogen) atoms. The van der Waals surface area contributed by atoms with Gasteiger partial charge in [-0.1, -0.05) is 26.0 Å². The standard InChI is InChI=1S/C36H44F2N8O3/c1-23-17-43(28(16-40-23)18-42-12-13-49-21-24(42)2)20-32(47)44-22-36(3,4)33-31(44)15-26(14-25-7-9-27(37)10-8-25)34-41-45(35(48)46(33)34)19-30-29(38)6-5-11-39-30/h5-11,15,23-24,28,40H,12-14,16-22H2,1-4H3/t23-,24-,28-/m1/s1. The molecule has 4 aromatic rings. The number of hydrogen-bond donors (Lipinski definition) is 1. The highest BCUT2D eigenvalue weighted by Gasteiger charge is 2.43. The first-order valence-electron chi connectivity index (χ1n) is 17.1. The van der Waals surface area contributed by atoms with Gasteiger partial charge in [-0.05, 0) is 49.7 Å².